The van der Waals surface area contributed by atoms with Crippen LogP contribution < -0.4 is 14.8 Å². The predicted octanol–water partition coefficient (Wildman–Crippen LogP) is 5.09. The van der Waals surface area contributed by atoms with Gasteiger partial charge < -0.3 is 14.8 Å². The molecule has 3 saturated heterocycles. The number of rotatable bonds is 8. The van der Waals surface area contributed by atoms with Gasteiger partial charge in [-0.1, -0.05) is 60.7 Å². The summed E-state index contributed by atoms with van der Waals surface area (Å²) in [6, 6.07) is 29.1. The van der Waals surface area contributed by atoms with Gasteiger partial charge in [-0.15, -0.1) is 0 Å². The Morgan fingerprint density at radius 3 is 1.88 bits per heavy atom. The average molecular weight is 443 g/mol. The van der Waals surface area contributed by atoms with Gasteiger partial charge in [-0.2, -0.15) is 0 Å². The van der Waals surface area contributed by atoms with Crippen molar-refractivity contribution in [3.05, 3.63) is 95.6 Å². The van der Waals surface area contributed by atoms with Crippen LogP contribution in [0.1, 0.15) is 35.4 Å². The van der Waals surface area contributed by atoms with Gasteiger partial charge in [0.1, 0.15) is 11.5 Å². The Labute approximate surface area is 197 Å². The van der Waals surface area contributed by atoms with Crippen molar-refractivity contribution in [1.82, 2.24) is 10.2 Å². The third kappa shape index (κ3) is 4.64. The zero-order valence-electron chi connectivity index (χ0n) is 19.6. The summed E-state index contributed by atoms with van der Waals surface area (Å²) in [6.07, 6.45) is 2.54. The number of nitrogens with zero attached hydrogens (tertiary/aromatic N) is 1. The van der Waals surface area contributed by atoms with E-state index in [1.165, 1.54) is 42.6 Å². The topological polar surface area (TPSA) is 33.7 Å². The highest BCUT2D eigenvalue weighted by atomic mass is 16.5. The number of hydrogen-bond donors (Lipinski definition) is 1. The molecule has 3 aliphatic rings. The number of piperidine rings is 3. The van der Waals surface area contributed by atoms with Gasteiger partial charge in [0.2, 0.25) is 0 Å². The molecule has 3 heterocycles. The second-order valence-corrected chi connectivity index (χ2v) is 9.29. The fraction of sp³-hybridized carbons (Fsp3) is 0.379. The Hall–Kier alpha value is -2.82. The van der Waals surface area contributed by atoms with Crippen LogP contribution in [0.3, 0.4) is 0 Å². The molecule has 2 atom stereocenters. The summed E-state index contributed by atoms with van der Waals surface area (Å²) < 4.78 is 11.0. The number of hydrogen-bond acceptors (Lipinski definition) is 4. The van der Waals surface area contributed by atoms with Crippen molar-refractivity contribution < 1.29 is 9.47 Å². The highest BCUT2D eigenvalue weighted by Gasteiger charge is 2.46. The first-order valence-electron chi connectivity index (χ1n) is 12.1. The van der Waals surface area contributed by atoms with Crippen molar-refractivity contribution in [2.45, 2.75) is 37.4 Å². The first-order chi connectivity index (χ1) is 16.3. The molecule has 2 unspecified atom stereocenters. The molecule has 0 radical (unpaired) electrons. The lowest BCUT2D eigenvalue weighted by Gasteiger charge is -2.54. The van der Waals surface area contributed by atoms with Crippen molar-refractivity contribution >= 4 is 0 Å². The van der Waals surface area contributed by atoms with E-state index in [4.69, 9.17) is 9.47 Å². The summed E-state index contributed by atoms with van der Waals surface area (Å²) >= 11 is 0. The highest BCUT2D eigenvalue weighted by Crippen LogP contribution is 2.42. The maximum atomic E-state index is 5.50. The largest absolute Gasteiger partial charge is 0.497 e. The minimum absolute atomic E-state index is 0.341. The van der Waals surface area contributed by atoms with E-state index in [2.05, 4.69) is 83.0 Å². The second kappa shape index (κ2) is 9.98. The third-order valence-corrected chi connectivity index (χ3v) is 7.48. The minimum atomic E-state index is 0.341. The number of methoxy groups -OCH3 is 2. The molecule has 172 valence electrons. The second-order valence-electron chi connectivity index (χ2n) is 9.29. The molecule has 33 heavy (non-hydrogen) atoms. The summed E-state index contributed by atoms with van der Waals surface area (Å²) in [4.78, 5) is 2.73. The molecule has 4 nitrogen and oxygen atoms in total. The summed E-state index contributed by atoms with van der Waals surface area (Å²) in [5.74, 6) is 2.71. The lowest BCUT2D eigenvalue weighted by Crippen LogP contribution is -2.64. The molecule has 1 N–H and O–H groups in total. The lowest BCUT2D eigenvalue weighted by molar-refractivity contribution is 0.00467. The van der Waals surface area contributed by atoms with Crippen LogP contribution in [0.4, 0.5) is 0 Å². The van der Waals surface area contributed by atoms with Crippen LogP contribution >= 0.6 is 0 Å². The van der Waals surface area contributed by atoms with Crippen LogP contribution in [0.15, 0.2) is 78.9 Å². The van der Waals surface area contributed by atoms with Gasteiger partial charge in [0, 0.05) is 30.6 Å². The van der Waals surface area contributed by atoms with Crippen LogP contribution in [0.5, 0.6) is 11.5 Å². The fourth-order valence-corrected chi connectivity index (χ4v) is 5.90. The molecule has 3 aliphatic heterocycles. The van der Waals surface area contributed by atoms with E-state index in [9.17, 15) is 0 Å². The van der Waals surface area contributed by atoms with E-state index < -0.39 is 0 Å². The summed E-state index contributed by atoms with van der Waals surface area (Å²) in [5, 5.41) is 3.99. The maximum Gasteiger partial charge on any atom is 0.122 e. The normalized spacial score (nSPS) is 24.1. The van der Waals surface area contributed by atoms with Crippen molar-refractivity contribution in [2.75, 3.05) is 27.3 Å². The fourth-order valence-electron chi connectivity index (χ4n) is 5.90. The Kier molecular flexibility index (Phi) is 6.65. The smallest absolute Gasteiger partial charge is 0.122 e. The first-order valence-corrected chi connectivity index (χ1v) is 12.1. The molecule has 3 aromatic carbocycles. The van der Waals surface area contributed by atoms with Gasteiger partial charge in [0.05, 0.1) is 14.2 Å². The van der Waals surface area contributed by atoms with E-state index in [1.807, 2.05) is 6.07 Å². The summed E-state index contributed by atoms with van der Waals surface area (Å²) in [5.41, 5.74) is 3.99. The Balaban J connectivity index is 1.47. The van der Waals surface area contributed by atoms with Gasteiger partial charge in [-0.25, -0.2) is 0 Å². The molecule has 3 aromatic rings. The molecule has 0 aromatic heterocycles. The van der Waals surface area contributed by atoms with Crippen LogP contribution in [-0.2, 0) is 6.54 Å². The van der Waals surface area contributed by atoms with Gasteiger partial charge in [-0.3, -0.25) is 4.90 Å². The van der Waals surface area contributed by atoms with Crippen LogP contribution in [0.2, 0.25) is 0 Å². The third-order valence-electron chi connectivity index (χ3n) is 7.48. The quantitative estimate of drug-likeness (QED) is 0.527. The highest BCUT2D eigenvalue weighted by molar-refractivity contribution is 5.39. The number of nitrogens with one attached hydrogen (secondary N) is 1. The van der Waals surface area contributed by atoms with Crippen molar-refractivity contribution in [3.8, 4) is 11.5 Å². The number of ether oxygens (including phenoxy) is 2. The average Bonchev–Trinajstić information content (AvgIpc) is 2.89. The molecule has 4 heteroatoms. The van der Waals surface area contributed by atoms with Crippen molar-refractivity contribution in [2.24, 2.45) is 5.92 Å². The van der Waals surface area contributed by atoms with Crippen LogP contribution in [-0.4, -0.2) is 44.3 Å². The van der Waals surface area contributed by atoms with Crippen molar-refractivity contribution in [1.29, 1.82) is 0 Å². The summed E-state index contributed by atoms with van der Waals surface area (Å²) in [7, 11) is 3.42. The molecule has 0 amide bonds. The Morgan fingerprint density at radius 2 is 1.36 bits per heavy atom. The van der Waals surface area contributed by atoms with E-state index >= 15 is 0 Å². The minimum Gasteiger partial charge on any atom is -0.497 e. The molecule has 3 fully saturated rings. The molecule has 0 saturated carbocycles. The van der Waals surface area contributed by atoms with Gasteiger partial charge in [0.25, 0.3) is 0 Å². The van der Waals surface area contributed by atoms with Gasteiger partial charge in [0.15, 0.2) is 0 Å². The van der Waals surface area contributed by atoms with Crippen LogP contribution in [0.25, 0.3) is 0 Å². The predicted molar refractivity (Wildman–Crippen MR) is 133 cm³/mol. The molecule has 6 rings (SSSR count). The van der Waals surface area contributed by atoms with E-state index in [-0.39, 0.29) is 0 Å². The standard InChI is InChI=1S/C29H34N2O2/c1-32-25-17-21(18-26(19-25)33-2)20-30-28-24-13-15-31(16-14-24)29(28)27(22-9-5-3-6-10-22)23-11-7-4-8-12-23/h3-12,17-19,24,27-30H,13-16,20H2,1-2H3. The van der Waals surface area contributed by atoms with E-state index in [0.29, 0.717) is 23.9 Å². The zero-order chi connectivity index (χ0) is 22.6. The zero-order valence-corrected chi connectivity index (χ0v) is 19.6. The van der Waals surface area contributed by atoms with E-state index in [0.717, 1.165) is 18.0 Å². The SMILES string of the molecule is COc1cc(CNC2C3CCN(CC3)C2C(c2ccccc2)c2ccccc2)cc(OC)c1. The van der Waals surface area contributed by atoms with Gasteiger partial charge in [-0.05, 0) is 60.7 Å². The molecular weight excluding hydrogens is 408 g/mol. The van der Waals surface area contributed by atoms with Gasteiger partial charge >= 0.3 is 0 Å². The number of fused-ring (bicyclic) bond motifs is 3. The summed E-state index contributed by atoms with van der Waals surface area (Å²) in [6.45, 7) is 3.18. The number of benzene rings is 3. The maximum absolute atomic E-state index is 5.50. The molecule has 2 bridgehead atoms. The van der Waals surface area contributed by atoms with E-state index in [1.54, 1.807) is 14.2 Å². The molecular formula is C29H34N2O2. The lowest BCUT2D eigenvalue weighted by atomic mass is 9.70. The monoisotopic (exact) mass is 442 g/mol. The van der Waals surface area contributed by atoms with Crippen LogP contribution in [0, 0.1) is 5.92 Å². The van der Waals surface area contributed by atoms with Crippen molar-refractivity contribution in [3.63, 3.8) is 0 Å². The molecule has 0 aliphatic carbocycles. The molecule has 0 spiro atoms. The first kappa shape index (κ1) is 22.0. The Morgan fingerprint density at radius 1 is 0.818 bits per heavy atom. The Bertz CT molecular complexity index is 970.